The van der Waals surface area contributed by atoms with E-state index in [1.54, 1.807) is 42.5 Å². The molecule has 0 bridgehead atoms. The zero-order valence-electron chi connectivity index (χ0n) is 16.4. The number of hydrogen-bond donors (Lipinski definition) is 2. The Labute approximate surface area is 190 Å². The Bertz CT molecular complexity index is 1200. The number of carbonyl (C=O) groups excluding carboxylic acids is 1. The summed E-state index contributed by atoms with van der Waals surface area (Å²) in [6.07, 6.45) is 0.418. The number of hydrogen-bond acceptors (Lipinski definition) is 3. The summed E-state index contributed by atoms with van der Waals surface area (Å²) in [5.74, 6) is -0.498. The summed E-state index contributed by atoms with van der Waals surface area (Å²) in [5, 5.41) is 9.93. The lowest BCUT2D eigenvalue weighted by Crippen LogP contribution is -2.10. The van der Waals surface area contributed by atoms with Gasteiger partial charge in [0, 0.05) is 28.5 Å². The number of aliphatic carboxylic acids is 1. The van der Waals surface area contributed by atoms with Crippen LogP contribution < -0.4 is 0 Å². The van der Waals surface area contributed by atoms with Gasteiger partial charge in [-0.1, -0.05) is 54.1 Å². The normalized spacial score (nSPS) is 11.6. The number of fused-ring (bicyclic) bond motifs is 1. The molecule has 2 N–H and O–H groups in total. The van der Waals surface area contributed by atoms with E-state index in [1.807, 2.05) is 30.3 Å². The maximum Gasteiger partial charge on any atom is 0.303 e. The van der Waals surface area contributed by atoms with E-state index in [-0.39, 0.29) is 30.5 Å². The van der Waals surface area contributed by atoms with E-state index in [1.165, 1.54) is 0 Å². The van der Waals surface area contributed by atoms with Gasteiger partial charge in [0.1, 0.15) is 5.82 Å². The molecule has 1 aromatic heterocycles. The minimum absolute atomic E-state index is 0. The third-order valence-electron chi connectivity index (χ3n) is 5.03. The number of carbonyl (C=O) groups is 2. The van der Waals surface area contributed by atoms with E-state index >= 15 is 0 Å². The second-order valence-corrected chi connectivity index (χ2v) is 7.60. The molecule has 0 aliphatic rings. The Morgan fingerprint density at radius 2 is 1.68 bits per heavy atom. The fourth-order valence-corrected chi connectivity index (χ4v) is 3.67. The van der Waals surface area contributed by atoms with Crippen molar-refractivity contribution < 1.29 is 14.7 Å². The highest BCUT2D eigenvalue weighted by molar-refractivity contribution is 6.30. The zero-order chi connectivity index (χ0) is 21.1. The molecule has 0 saturated heterocycles. The third kappa shape index (κ3) is 5.32. The quantitative estimate of drug-likeness (QED) is 0.352. The van der Waals surface area contributed by atoms with E-state index < -0.39 is 5.97 Å². The van der Waals surface area contributed by atoms with Crippen LogP contribution >= 0.6 is 24.0 Å². The lowest BCUT2D eigenvalue weighted by molar-refractivity contribution is -0.137. The molecule has 0 aliphatic carbocycles. The van der Waals surface area contributed by atoms with Crippen LogP contribution in [-0.4, -0.2) is 26.8 Å². The van der Waals surface area contributed by atoms with Gasteiger partial charge in [0.15, 0.2) is 5.78 Å². The second-order valence-electron chi connectivity index (χ2n) is 7.16. The average Bonchev–Trinajstić information content (AvgIpc) is 3.15. The van der Waals surface area contributed by atoms with Gasteiger partial charge in [0.05, 0.1) is 17.5 Å². The molecule has 0 spiro atoms. The molecule has 0 fully saturated rings. The Morgan fingerprint density at radius 1 is 0.968 bits per heavy atom. The Morgan fingerprint density at radius 3 is 2.35 bits per heavy atom. The largest absolute Gasteiger partial charge is 0.481 e. The minimum atomic E-state index is -0.873. The van der Waals surface area contributed by atoms with Crippen molar-refractivity contribution in [3.8, 4) is 0 Å². The van der Waals surface area contributed by atoms with Crippen LogP contribution in [0, 0.1) is 0 Å². The van der Waals surface area contributed by atoms with E-state index in [0.717, 1.165) is 16.6 Å². The van der Waals surface area contributed by atoms with Gasteiger partial charge < -0.3 is 10.1 Å². The molecule has 3 aromatic carbocycles. The van der Waals surface area contributed by atoms with Crippen molar-refractivity contribution in [1.82, 2.24) is 9.97 Å². The van der Waals surface area contributed by atoms with Crippen LogP contribution in [0.4, 0.5) is 0 Å². The molecule has 31 heavy (non-hydrogen) atoms. The summed E-state index contributed by atoms with van der Waals surface area (Å²) in [4.78, 5) is 31.9. The number of carboxylic acid groups (broad SMARTS) is 1. The molecule has 0 radical (unpaired) electrons. The van der Waals surface area contributed by atoms with Crippen molar-refractivity contribution in [3.63, 3.8) is 0 Å². The Kier molecular flexibility index (Phi) is 7.10. The first-order valence-electron chi connectivity index (χ1n) is 9.55. The van der Waals surface area contributed by atoms with Crippen LogP contribution in [0.3, 0.4) is 0 Å². The molecule has 5 nitrogen and oxygen atoms in total. The number of ketones is 1. The highest BCUT2D eigenvalue weighted by atomic mass is 35.5. The first-order valence-corrected chi connectivity index (χ1v) is 9.93. The molecule has 4 aromatic rings. The van der Waals surface area contributed by atoms with Crippen molar-refractivity contribution in [2.75, 3.05) is 0 Å². The lowest BCUT2D eigenvalue weighted by Gasteiger charge is -2.14. The number of halogens is 2. The van der Waals surface area contributed by atoms with Crippen LogP contribution in [0.2, 0.25) is 5.02 Å². The Balaban J connectivity index is 0.00000272. The van der Waals surface area contributed by atoms with Crippen molar-refractivity contribution in [2.24, 2.45) is 0 Å². The van der Waals surface area contributed by atoms with Crippen LogP contribution in [0.25, 0.3) is 11.0 Å². The first-order chi connectivity index (χ1) is 14.5. The summed E-state index contributed by atoms with van der Waals surface area (Å²) in [7, 11) is 0. The number of nitrogens with one attached hydrogen (secondary N) is 1. The maximum absolute atomic E-state index is 12.7. The monoisotopic (exact) mass is 454 g/mol. The topological polar surface area (TPSA) is 83.0 Å². The molecule has 1 atom stereocenters. The van der Waals surface area contributed by atoms with Crippen LogP contribution in [0.5, 0.6) is 0 Å². The maximum atomic E-state index is 12.7. The molecule has 0 saturated carbocycles. The van der Waals surface area contributed by atoms with E-state index in [4.69, 9.17) is 11.6 Å². The highest BCUT2D eigenvalue weighted by Crippen LogP contribution is 2.26. The molecule has 4 rings (SSSR count). The zero-order valence-corrected chi connectivity index (χ0v) is 18.0. The number of aromatic nitrogens is 2. The molecule has 0 aliphatic heterocycles. The van der Waals surface area contributed by atoms with Gasteiger partial charge in [0.25, 0.3) is 0 Å². The summed E-state index contributed by atoms with van der Waals surface area (Å²) in [6.45, 7) is 0. The number of nitrogens with zero attached hydrogens (tertiary/aromatic N) is 1. The van der Waals surface area contributed by atoms with Gasteiger partial charge in [0.2, 0.25) is 0 Å². The summed E-state index contributed by atoms with van der Waals surface area (Å²) in [5.41, 5.74) is 3.57. The van der Waals surface area contributed by atoms with Crippen molar-refractivity contribution in [2.45, 2.75) is 18.8 Å². The Hall–Kier alpha value is -3.15. The fourth-order valence-electron chi connectivity index (χ4n) is 3.54. The minimum Gasteiger partial charge on any atom is -0.481 e. The van der Waals surface area contributed by atoms with Gasteiger partial charge in [-0.05, 0) is 35.9 Å². The van der Waals surface area contributed by atoms with Crippen molar-refractivity contribution in [1.29, 1.82) is 0 Å². The van der Waals surface area contributed by atoms with Crippen molar-refractivity contribution in [3.05, 3.63) is 100 Å². The van der Waals surface area contributed by atoms with Gasteiger partial charge in [-0.2, -0.15) is 0 Å². The van der Waals surface area contributed by atoms with Crippen LogP contribution in [0.15, 0.2) is 72.8 Å². The fraction of sp³-hybridized carbons (Fsp3) is 0.125. The van der Waals surface area contributed by atoms with Gasteiger partial charge in [-0.15, -0.1) is 12.4 Å². The van der Waals surface area contributed by atoms with Gasteiger partial charge in [-0.25, -0.2) is 4.98 Å². The standard InChI is InChI=1S/C24H19ClN2O3.ClH/c25-19-9-6-15(7-10-19)18(14-23(28)29)13-22-26-20-11-8-17(12-21(20)27-22)24(30)16-4-2-1-3-5-16;/h1-12,18H,13-14H2,(H,26,27)(H,28,29);1H. The number of benzene rings is 3. The lowest BCUT2D eigenvalue weighted by atomic mass is 9.92. The average molecular weight is 455 g/mol. The number of aromatic amines is 1. The summed E-state index contributed by atoms with van der Waals surface area (Å²) < 4.78 is 0. The van der Waals surface area contributed by atoms with Crippen LogP contribution in [-0.2, 0) is 11.2 Å². The van der Waals surface area contributed by atoms with Crippen molar-refractivity contribution >= 4 is 46.8 Å². The highest BCUT2D eigenvalue weighted by Gasteiger charge is 2.19. The first kappa shape index (κ1) is 22.5. The van der Waals surface area contributed by atoms with E-state index in [2.05, 4.69) is 9.97 Å². The SMILES string of the molecule is Cl.O=C(O)CC(Cc1nc2ccc(C(=O)c3ccccc3)cc2[nH]1)c1ccc(Cl)cc1. The number of H-pyrrole nitrogens is 1. The molecule has 0 amide bonds. The van der Waals surface area contributed by atoms with Crippen LogP contribution in [0.1, 0.15) is 39.6 Å². The predicted octanol–water partition coefficient (Wildman–Crippen LogP) is 5.67. The van der Waals surface area contributed by atoms with E-state index in [0.29, 0.717) is 28.4 Å². The second kappa shape index (κ2) is 9.77. The number of rotatable bonds is 7. The number of carboxylic acids is 1. The molecular formula is C24H20Cl2N2O3. The summed E-state index contributed by atoms with van der Waals surface area (Å²) in [6, 6.07) is 21.7. The predicted molar refractivity (Wildman–Crippen MR) is 123 cm³/mol. The molecule has 158 valence electrons. The smallest absolute Gasteiger partial charge is 0.303 e. The van der Waals surface area contributed by atoms with E-state index in [9.17, 15) is 14.7 Å². The molecule has 7 heteroatoms. The molecule has 1 heterocycles. The molecular weight excluding hydrogens is 435 g/mol. The van der Waals surface area contributed by atoms with Gasteiger partial charge >= 0.3 is 5.97 Å². The number of imidazole rings is 1. The third-order valence-corrected chi connectivity index (χ3v) is 5.28. The molecule has 1 unspecified atom stereocenters. The summed E-state index contributed by atoms with van der Waals surface area (Å²) >= 11 is 5.96. The van der Waals surface area contributed by atoms with Gasteiger partial charge in [-0.3, -0.25) is 9.59 Å².